The summed E-state index contributed by atoms with van der Waals surface area (Å²) in [4.78, 5) is 13.2. The van der Waals surface area contributed by atoms with Crippen LogP contribution < -0.4 is 5.32 Å². The quantitative estimate of drug-likeness (QED) is 0.532. The summed E-state index contributed by atoms with van der Waals surface area (Å²) in [5.41, 5.74) is 2.36. The third-order valence-electron chi connectivity index (χ3n) is 4.73. The number of nitrogens with one attached hydrogen (secondary N) is 1. The van der Waals surface area contributed by atoms with Crippen molar-refractivity contribution in [3.05, 3.63) is 83.6 Å². The Hall–Kier alpha value is -3.88. The summed E-state index contributed by atoms with van der Waals surface area (Å²) in [6.45, 7) is 3.58. The number of aryl methyl sites for hydroxylation is 2. The summed E-state index contributed by atoms with van der Waals surface area (Å²) in [6.07, 6.45) is 2.07. The van der Waals surface area contributed by atoms with E-state index in [2.05, 4.69) is 25.9 Å². The highest BCUT2D eigenvalue weighted by Crippen LogP contribution is 2.20. The van der Waals surface area contributed by atoms with Crippen LogP contribution in [0.25, 0.3) is 5.69 Å². The molecule has 0 aliphatic rings. The predicted octanol–water partition coefficient (Wildman–Crippen LogP) is 3.04. The van der Waals surface area contributed by atoms with E-state index in [1.54, 1.807) is 23.7 Å². The zero-order valence-electron chi connectivity index (χ0n) is 16.5. The van der Waals surface area contributed by atoms with Gasteiger partial charge in [0.05, 0.1) is 5.69 Å². The molecule has 152 valence electrons. The number of aromatic nitrogens is 6. The van der Waals surface area contributed by atoms with Crippen molar-refractivity contribution in [1.29, 1.82) is 0 Å². The standard InChI is InChI=1S/C21H20FN7O/c1-14-13-28(18-9-4-3-5-10-18)25-20(14)23-21(30)19(29-15(2)24-26-27-29)12-16-7-6-8-17(22)11-16/h3-11,13,19H,12H2,1-2H3,(H,23,25,30). The van der Waals surface area contributed by atoms with Crippen LogP contribution in [0.5, 0.6) is 0 Å². The summed E-state index contributed by atoms with van der Waals surface area (Å²) < 4.78 is 16.8. The van der Waals surface area contributed by atoms with E-state index in [1.165, 1.54) is 16.8 Å². The maximum absolute atomic E-state index is 13.6. The van der Waals surface area contributed by atoms with Crippen molar-refractivity contribution in [2.45, 2.75) is 26.3 Å². The third-order valence-corrected chi connectivity index (χ3v) is 4.73. The van der Waals surface area contributed by atoms with Crippen molar-refractivity contribution < 1.29 is 9.18 Å². The number of anilines is 1. The minimum atomic E-state index is -0.761. The van der Waals surface area contributed by atoms with Crippen LogP contribution in [-0.4, -0.2) is 35.9 Å². The molecule has 0 bridgehead atoms. The van der Waals surface area contributed by atoms with Gasteiger partial charge in [0.1, 0.15) is 17.7 Å². The molecule has 0 saturated carbocycles. The molecule has 2 aromatic heterocycles. The van der Waals surface area contributed by atoms with Crippen molar-refractivity contribution in [2.75, 3.05) is 5.32 Å². The summed E-state index contributed by atoms with van der Waals surface area (Å²) in [7, 11) is 0. The monoisotopic (exact) mass is 405 g/mol. The van der Waals surface area contributed by atoms with E-state index >= 15 is 0 Å². The minimum Gasteiger partial charge on any atom is -0.307 e. The number of halogens is 1. The first-order valence-corrected chi connectivity index (χ1v) is 9.43. The third kappa shape index (κ3) is 4.09. The molecule has 0 fully saturated rings. The number of carbonyl (C=O) groups is 1. The fourth-order valence-corrected chi connectivity index (χ4v) is 3.20. The molecule has 0 radical (unpaired) electrons. The second kappa shape index (κ2) is 8.24. The Morgan fingerprint density at radius 3 is 2.63 bits per heavy atom. The molecule has 0 spiro atoms. The Balaban J connectivity index is 1.61. The van der Waals surface area contributed by atoms with Crippen LogP contribution in [-0.2, 0) is 11.2 Å². The van der Waals surface area contributed by atoms with E-state index < -0.39 is 6.04 Å². The van der Waals surface area contributed by atoms with Gasteiger partial charge in [-0.05, 0) is 54.1 Å². The zero-order valence-corrected chi connectivity index (χ0v) is 16.5. The summed E-state index contributed by atoms with van der Waals surface area (Å²) in [5.74, 6) is 0.227. The van der Waals surface area contributed by atoms with Crippen LogP contribution in [0.3, 0.4) is 0 Å². The van der Waals surface area contributed by atoms with Crippen LogP contribution >= 0.6 is 0 Å². The minimum absolute atomic E-state index is 0.230. The van der Waals surface area contributed by atoms with Gasteiger partial charge in [0.2, 0.25) is 0 Å². The highest BCUT2D eigenvalue weighted by molar-refractivity contribution is 5.93. The average Bonchev–Trinajstić information content (AvgIpc) is 3.32. The Kier molecular flexibility index (Phi) is 5.34. The van der Waals surface area contributed by atoms with Gasteiger partial charge in [-0.3, -0.25) is 4.79 Å². The van der Waals surface area contributed by atoms with E-state index in [1.807, 2.05) is 43.5 Å². The van der Waals surface area contributed by atoms with Gasteiger partial charge in [-0.15, -0.1) is 10.2 Å². The molecule has 1 unspecified atom stereocenters. The van der Waals surface area contributed by atoms with Crippen molar-refractivity contribution >= 4 is 11.7 Å². The van der Waals surface area contributed by atoms with Crippen LogP contribution in [0.4, 0.5) is 10.2 Å². The molecule has 1 atom stereocenters. The number of benzene rings is 2. The first-order valence-electron chi connectivity index (χ1n) is 9.43. The summed E-state index contributed by atoms with van der Waals surface area (Å²) >= 11 is 0. The molecule has 30 heavy (non-hydrogen) atoms. The van der Waals surface area contributed by atoms with E-state index in [4.69, 9.17) is 0 Å². The summed E-state index contributed by atoms with van der Waals surface area (Å²) in [6, 6.07) is 15.0. The van der Waals surface area contributed by atoms with E-state index in [9.17, 15) is 9.18 Å². The molecule has 0 saturated heterocycles. The average molecular weight is 405 g/mol. The number of rotatable bonds is 6. The van der Waals surface area contributed by atoms with Crippen LogP contribution in [0.1, 0.15) is 23.0 Å². The lowest BCUT2D eigenvalue weighted by Gasteiger charge is -2.17. The predicted molar refractivity (Wildman–Crippen MR) is 109 cm³/mol. The lowest BCUT2D eigenvalue weighted by atomic mass is 10.0. The Morgan fingerprint density at radius 2 is 1.93 bits per heavy atom. The number of nitrogens with zero attached hydrogens (tertiary/aromatic N) is 6. The lowest BCUT2D eigenvalue weighted by molar-refractivity contribution is -0.119. The molecule has 1 amide bonds. The van der Waals surface area contributed by atoms with E-state index in [0.29, 0.717) is 17.2 Å². The van der Waals surface area contributed by atoms with Crippen LogP contribution in [0.15, 0.2) is 60.8 Å². The molecule has 4 aromatic rings. The van der Waals surface area contributed by atoms with Gasteiger partial charge in [0, 0.05) is 18.2 Å². The van der Waals surface area contributed by atoms with Gasteiger partial charge >= 0.3 is 0 Å². The van der Waals surface area contributed by atoms with E-state index in [0.717, 1.165) is 11.3 Å². The van der Waals surface area contributed by atoms with Gasteiger partial charge in [0.15, 0.2) is 5.82 Å². The maximum Gasteiger partial charge on any atom is 0.250 e. The highest BCUT2D eigenvalue weighted by Gasteiger charge is 2.26. The fourth-order valence-electron chi connectivity index (χ4n) is 3.20. The number of para-hydroxylation sites is 1. The van der Waals surface area contributed by atoms with Gasteiger partial charge in [0.25, 0.3) is 5.91 Å². The summed E-state index contributed by atoms with van der Waals surface area (Å²) in [5, 5.41) is 18.8. The van der Waals surface area contributed by atoms with Crippen molar-refractivity contribution in [3.8, 4) is 5.69 Å². The molecule has 0 aliphatic heterocycles. The normalized spacial score (nSPS) is 12.0. The van der Waals surface area contributed by atoms with Gasteiger partial charge in [-0.2, -0.15) is 0 Å². The number of tetrazole rings is 1. The SMILES string of the molecule is Cc1cn(-c2ccccc2)nc1NC(=O)C(Cc1cccc(F)c1)n1nnnc1C. The topological polar surface area (TPSA) is 90.5 Å². The smallest absolute Gasteiger partial charge is 0.250 e. The molecule has 0 aliphatic carbocycles. The Bertz CT molecular complexity index is 1170. The van der Waals surface area contributed by atoms with Crippen LogP contribution in [0, 0.1) is 19.7 Å². The first kappa shape index (κ1) is 19.4. The van der Waals surface area contributed by atoms with Crippen molar-refractivity contribution in [3.63, 3.8) is 0 Å². The molecule has 2 aromatic carbocycles. The second-order valence-corrected chi connectivity index (χ2v) is 6.95. The zero-order chi connectivity index (χ0) is 21.1. The Labute approximate surface area is 172 Å². The maximum atomic E-state index is 13.6. The highest BCUT2D eigenvalue weighted by atomic mass is 19.1. The number of carbonyl (C=O) groups excluding carboxylic acids is 1. The van der Waals surface area contributed by atoms with Crippen LogP contribution in [0.2, 0.25) is 0 Å². The number of amides is 1. The largest absolute Gasteiger partial charge is 0.307 e. The molecule has 9 heteroatoms. The molecule has 8 nitrogen and oxygen atoms in total. The van der Waals surface area contributed by atoms with Gasteiger partial charge in [-0.1, -0.05) is 30.3 Å². The fraction of sp³-hybridized carbons (Fsp3) is 0.190. The number of hydrogen-bond acceptors (Lipinski definition) is 5. The Morgan fingerprint density at radius 1 is 1.13 bits per heavy atom. The first-order chi connectivity index (χ1) is 14.5. The number of hydrogen-bond donors (Lipinski definition) is 1. The van der Waals surface area contributed by atoms with Gasteiger partial charge in [-0.25, -0.2) is 13.8 Å². The van der Waals surface area contributed by atoms with Crippen molar-refractivity contribution in [2.24, 2.45) is 0 Å². The molecular formula is C21H20FN7O. The molecular weight excluding hydrogens is 385 g/mol. The molecule has 2 heterocycles. The molecule has 4 rings (SSSR count). The lowest BCUT2D eigenvalue weighted by Crippen LogP contribution is -2.30. The second-order valence-electron chi connectivity index (χ2n) is 6.95. The van der Waals surface area contributed by atoms with Gasteiger partial charge < -0.3 is 5.32 Å². The van der Waals surface area contributed by atoms with Crippen molar-refractivity contribution in [1.82, 2.24) is 30.0 Å². The molecule has 1 N–H and O–H groups in total. The van der Waals surface area contributed by atoms with E-state index in [-0.39, 0.29) is 18.1 Å².